The Morgan fingerprint density at radius 1 is 1.29 bits per heavy atom. The van der Waals surface area contributed by atoms with Gasteiger partial charge in [-0.2, -0.15) is 4.99 Å². The van der Waals surface area contributed by atoms with Gasteiger partial charge in [-0.05, 0) is 49.7 Å². The van der Waals surface area contributed by atoms with Crippen LogP contribution in [0.1, 0.15) is 36.1 Å². The fourth-order valence-electron chi connectivity index (χ4n) is 2.60. The van der Waals surface area contributed by atoms with E-state index < -0.39 is 11.4 Å². The van der Waals surface area contributed by atoms with Crippen molar-refractivity contribution < 1.29 is 9.18 Å². The van der Waals surface area contributed by atoms with Crippen molar-refractivity contribution in [2.75, 3.05) is 7.05 Å². The molecule has 2 amide bonds. The number of benzene rings is 2. The third-order valence-electron chi connectivity index (χ3n) is 4.13. The Morgan fingerprint density at radius 2 is 1.93 bits per heavy atom. The van der Waals surface area contributed by atoms with Gasteiger partial charge in [0.1, 0.15) is 5.41 Å². The Hall–Kier alpha value is -2.07. The summed E-state index contributed by atoms with van der Waals surface area (Å²) in [5.74, 6) is 0. The highest BCUT2D eigenvalue weighted by Gasteiger charge is 2.18. The molecule has 0 heterocycles. The highest BCUT2D eigenvalue weighted by Crippen LogP contribution is 2.32. The fraction of sp³-hybridized carbons (Fsp3) is 0.238. The number of rotatable bonds is 6. The third-order valence-corrected chi connectivity index (χ3v) is 4.79. The zero-order chi connectivity index (χ0) is 20.9. The number of amides is 2. The molecule has 0 spiro atoms. The lowest BCUT2D eigenvalue weighted by atomic mass is 10.1. The Kier molecular flexibility index (Phi) is 7.48. The molecule has 0 aromatic heterocycles. The van der Waals surface area contributed by atoms with Crippen LogP contribution in [0, 0.1) is 0 Å². The van der Waals surface area contributed by atoms with Crippen LogP contribution in [0.5, 0.6) is 0 Å². The van der Waals surface area contributed by atoms with E-state index in [1.807, 2.05) is 19.2 Å². The summed E-state index contributed by atoms with van der Waals surface area (Å²) >= 11 is 6.23. The molecular weight excluding hydrogens is 396 g/mol. The molecule has 2 unspecified atom stereocenters. The molecule has 0 saturated heterocycles. The van der Waals surface area contributed by atoms with Gasteiger partial charge in [0, 0.05) is 22.8 Å². The topological polar surface area (TPSA) is 53.5 Å². The van der Waals surface area contributed by atoms with Gasteiger partial charge in [-0.3, -0.25) is 0 Å². The van der Waals surface area contributed by atoms with Gasteiger partial charge in [-0.1, -0.05) is 57.8 Å². The molecule has 2 aromatic carbocycles. The standard InChI is InChI=1S/C21H24ClFN3OP/c1-13(16-6-8-17(9-7-16)21(3,23)28)25-20(27)26-14(2)18-11-15(12-24-4)5-10-19(18)22/h5-11,24H,2,12,28H2,1,3-4H3,(H,26,27)/b25-13+. The zero-order valence-corrected chi connectivity index (χ0v) is 18.1. The summed E-state index contributed by atoms with van der Waals surface area (Å²) < 4.78 is 13.9. The maximum absolute atomic E-state index is 13.9. The molecule has 7 heteroatoms. The Bertz CT molecular complexity index is 905. The summed E-state index contributed by atoms with van der Waals surface area (Å²) in [7, 11) is 4.00. The largest absolute Gasteiger partial charge is 0.345 e. The predicted molar refractivity (Wildman–Crippen MR) is 119 cm³/mol. The lowest BCUT2D eigenvalue weighted by molar-refractivity contribution is 0.253. The zero-order valence-electron chi connectivity index (χ0n) is 16.1. The Morgan fingerprint density at radius 3 is 2.50 bits per heavy atom. The van der Waals surface area contributed by atoms with E-state index >= 15 is 0 Å². The average molecular weight is 420 g/mol. The number of carbonyl (C=O) groups excluding carboxylic acids is 1. The SMILES string of the molecule is C=C(NC(=O)/N=C(\C)c1ccc(C(C)(F)P)cc1)c1cc(CNC)ccc1Cl. The first-order valence-corrected chi connectivity index (χ1v) is 9.64. The van der Waals surface area contributed by atoms with Crippen molar-refractivity contribution >= 4 is 38.3 Å². The van der Waals surface area contributed by atoms with Crippen LogP contribution in [0.2, 0.25) is 5.02 Å². The lowest BCUT2D eigenvalue weighted by Gasteiger charge is -2.14. The first-order chi connectivity index (χ1) is 13.1. The molecule has 0 saturated carbocycles. The van der Waals surface area contributed by atoms with Crippen LogP contribution in [0.4, 0.5) is 9.18 Å². The van der Waals surface area contributed by atoms with Crippen LogP contribution in [-0.4, -0.2) is 18.8 Å². The van der Waals surface area contributed by atoms with Gasteiger partial charge in [0.2, 0.25) is 0 Å². The monoisotopic (exact) mass is 419 g/mol. The number of urea groups is 1. The van der Waals surface area contributed by atoms with Crippen molar-refractivity contribution in [3.8, 4) is 0 Å². The quantitative estimate of drug-likeness (QED) is 0.495. The highest BCUT2D eigenvalue weighted by atomic mass is 35.5. The fourth-order valence-corrected chi connectivity index (χ4v) is 3.02. The number of aliphatic imine (C=N–C) groups is 1. The maximum atomic E-state index is 13.9. The van der Waals surface area contributed by atoms with Gasteiger partial charge >= 0.3 is 6.03 Å². The minimum absolute atomic E-state index is 0.371. The molecule has 2 rings (SSSR count). The van der Waals surface area contributed by atoms with Gasteiger partial charge in [0.25, 0.3) is 0 Å². The molecule has 2 N–H and O–H groups in total. The second-order valence-electron chi connectivity index (χ2n) is 6.60. The van der Waals surface area contributed by atoms with Crippen molar-refractivity contribution in [2.45, 2.75) is 25.8 Å². The van der Waals surface area contributed by atoms with Crippen LogP contribution in [0.3, 0.4) is 0 Å². The van der Waals surface area contributed by atoms with E-state index in [2.05, 4.69) is 31.4 Å². The number of alkyl halides is 1. The molecule has 0 radical (unpaired) electrons. The van der Waals surface area contributed by atoms with E-state index in [0.717, 1.165) is 11.1 Å². The molecule has 2 aromatic rings. The van der Waals surface area contributed by atoms with E-state index in [4.69, 9.17) is 11.6 Å². The van der Waals surface area contributed by atoms with Crippen LogP contribution >= 0.6 is 20.8 Å². The number of nitrogens with zero attached hydrogens (tertiary/aromatic N) is 1. The molecule has 0 bridgehead atoms. The van der Waals surface area contributed by atoms with Crippen LogP contribution in [-0.2, 0) is 12.0 Å². The van der Waals surface area contributed by atoms with Crippen molar-refractivity contribution in [2.24, 2.45) is 4.99 Å². The van der Waals surface area contributed by atoms with Gasteiger partial charge in [-0.25, -0.2) is 9.18 Å². The molecule has 0 aliphatic rings. The molecule has 0 aliphatic carbocycles. The summed E-state index contributed by atoms with van der Waals surface area (Å²) in [6.45, 7) is 7.75. The smallest absolute Gasteiger partial charge is 0.316 e. The summed E-state index contributed by atoms with van der Waals surface area (Å²) in [4.78, 5) is 16.3. The number of nitrogens with one attached hydrogen (secondary N) is 2. The highest BCUT2D eigenvalue weighted by molar-refractivity contribution is 7.18. The Labute approximate surface area is 172 Å². The van der Waals surface area contributed by atoms with Gasteiger partial charge in [0.05, 0.1) is 5.71 Å². The second-order valence-corrected chi connectivity index (χ2v) is 8.09. The predicted octanol–water partition coefficient (Wildman–Crippen LogP) is 5.27. The minimum atomic E-state index is -1.50. The normalized spacial score (nSPS) is 13.7. The van der Waals surface area contributed by atoms with Gasteiger partial charge in [0.15, 0.2) is 0 Å². The Balaban J connectivity index is 2.12. The average Bonchev–Trinajstić information content (AvgIpc) is 2.62. The van der Waals surface area contributed by atoms with E-state index in [9.17, 15) is 9.18 Å². The minimum Gasteiger partial charge on any atom is -0.316 e. The number of hydrogen-bond donors (Lipinski definition) is 2. The summed E-state index contributed by atoms with van der Waals surface area (Å²) in [6.07, 6.45) is 0. The van der Waals surface area contributed by atoms with E-state index in [0.29, 0.717) is 34.1 Å². The summed E-state index contributed by atoms with van der Waals surface area (Å²) in [6, 6.07) is 11.8. The van der Waals surface area contributed by atoms with Crippen molar-refractivity contribution in [3.05, 3.63) is 76.3 Å². The number of carbonyl (C=O) groups is 1. The van der Waals surface area contributed by atoms with Crippen molar-refractivity contribution in [1.82, 2.24) is 10.6 Å². The van der Waals surface area contributed by atoms with Crippen LogP contribution < -0.4 is 10.6 Å². The molecule has 4 nitrogen and oxygen atoms in total. The summed E-state index contributed by atoms with van der Waals surface area (Å²) in [5.41, 5.74) is 3.80. The third kappa shape index (κ3) is 5.96. The lowest BCUT2D eigenvalue weighted by Crippen LogP contribution is -2.19. The van der Waals surface area contributed by atoms with Gasteiger partial charge < -0.3 is 10.6 Å². The van der Waals surface area contributed by atoms with Gasteiger partial charge in [-0.15, -0.1) is 0 Å². The summed E-state index contributed by atoms with van der Waals surface area (Å²) in [5, 5.41) is 4.71. The first kappa shape index (κ1) is 22.2. The number of hydrogen-bond acceptors (Lipinski definition) is 2. The molecule has 0 aliphatic heterocycles. The molecule has 0 fully saturated rings. The van der Waals surface area contributed by atoms with Crippen LogP contribution in [0.15, 0.2) is 54.0 Å². The van der Waals surface area contributed by atoms with Crippen LogP contribution in [0.25, 0.3) is 5.70 Å². The molecule has 2 atom stereocenters. The van der Waals surface area contributed by atoms with Crippen molar-refractivity contribution in [1.29, 1.82) is 0 Å². The van der Waals surface area contributed by atoms with E-state index in [1.54, 1.807) is 37.3 Å². The number of halogens is 2. The van der Waals surface area contributed by atoms with Crippen molar-refractivity contribution in [3.63, 3.8) is 0 Å². The van der Waals surface area contributed by atoms with E-state index in [1.165, 1.54) is 6.92 Å². The van der Waals surface area contributed by atoms with E-state index in [-0.39, 0.29) is 0 Å². The molecular formula is C21H24ClFN3OP. The second kappa shape index (κ2) is 9.42. The maximum Gasteiger partial charge on any atom is 0.345 e. The molecule has 148 valence electrons. The molecule has 28 heavy (non-hydrogen) atoms. The first-order valence-electron chi connectivity index (χ1n) is 8.69.